The average molecular weight is 533 g/mol. The fraction of sp³-hybridized carbons (Fsp3) is 0.207. The number of rotatable bonds is 9. The lowest BCUT2D eigenvalue weighted by Gasteiger charge is -2.26. The molecule has 0 bridgehead atoms. The summed E-state index contributed by atoms with van der Waals surface area (Å²) >= 11 is 7.40. The van der Waals surface area contributed by atoms with E-state index >= 15 is 0 Å². The number of benzene rings is 3. The number of nitrogens with one attached hydrogen (secondary N) is 2. The summed E-state index contributed by atoms with van der Waals surface area (Å²) in [5.74, 6) is -0.244. The van der Waals surface area contributed by atoms with Crippen LogP contribution in [0.5, 0.6) is 0 Å². The Hall–Kier alpha value is -3.68. The van der Waals surface area contributed by atoms with Gasteiger partial charge in [0.2, 0.25) is 0 Å². The Balaban J connectivity index is 1.45. The Labute approximate surface area is 226 Å². The predicted octanol–water partition coefficient (Wildman–Crippen LogP) is 6.95. The van der Waals surface area contributed by atoms with E-state index in [0.29, 0.717) is 27.8 Å². The van der Waals surface area contributed by atoms with Crippen molar-refractivity contribution in [3.8, 4) is 0 Å². The van der Waals surface area contributed by atoms with Crippen LogP contribution in [0.25, 0.3) is 0 Å². The van der Waals surface area contributed by atoms with Gasteiger partial charge in [-0.25, -0.2) is 9.78 Å². The molecule has 37 heavy (non-hydrogen) atoms. The van der Waals surface area contributed by atoms with Crippen LogP contribution < -0.4 is 10.6 Å². The number of thiazole rings is 1. The van der Waals surface area contributed by atoms with E-state index in [1.54, 1.807) is 34.5 Å². The lowest BCUT2D eigenvalue weighted by Crippen LogP contribution is -2.39. The van der Waals surface area contributed by atoms with Gasteiger partial charge in [0.15, 0.2) is 0 Å². The minimum Gasteiger partial charge on any atom is -0.344 e. The maximum Gasteiger partial charge on any atom is 0.322 e. The Bertz CT molecular complexity index is 1330. The highest BCUT2D eigenvalue weighted by molar-refractivity contribution is 7.09. The van der Waals surface area contributed by atoms with Crippen LogP contribution in [-0.2, 0) is 13.0 Å². The van der Waals surface area contributed by atoms with E-state index in [2.05, 4.69) is 27.8 Å². The largest absolute Gasteiger partial charge is 0.344 e. The summed E-state index contributed by atoms with van der Waals surface area (Å²) in [5.41, 5.74) is 3.12. The lowest BCUT2D eigenvalue weighted by molar-refractivity contribution is 0.0932. The molecule has 0 radical (unpaired) electrons. The molecule has 4 rings (SSSR count). The van der Waals surface area contributed by atoms with Crippen molar-refractivity contribution in [3.63, 3.8) is 0 Å². The molecule has 8 heteroatoms. The van der Waals surface area contributed by atoms with Crippen LogP contribution >= 0.6 is 22.9 Å². The van der Waals surface area contributed by atoms with Crippen LogP contribution in [-0.4, -0.2) is 27.9 Å². The van der Waals surface area contributed by atoms with Crippen molar-refractivity contribution in [1.82, 2.24) is 15.2 Å². The standard InChI is InChI=1S/C29H29ClN4O2S/c1-20(2)34(29(36)31-24-15-9-14-23(30)17-24)18-27-32-26(19-37-27)28(35)33-25(22-12-7-4-8-13-22)16-21-10-5-3-6-11-21/h3-15,17,19-20,25H,16,18H2,1-2H3,(H,31,36)(H,33,35). The van der Waals surface area contributed by atoms with Crippen molar-refractivity contribution in [1.29, 1.82) is 0 Å². The molecular weight excluding hydrogens is 504 g/mol. The van der Waals surface area contributed by atoms with E-state index < -0.39 is 0 Å². The minimum atomic E-state index is -0.259. The van der Waals surface area contributed by atoms with Gasteiger partial charge in [-0.05, 0) is 49.6 Å². The van der Waals surface area contributed by atoms with Gasteiger partial charge < -0.3 is 15.5 Å². The monoisotopic (exact) mass is 532 g/mol. The molecular formula is C29H29ClN4O2S. The van der Waals surface area contributed by atoms with Gasteiger partial charge in [-0.3, -0.25) is 4.79 Å². The van der Waals surface area contributed by atoms with Gasteiger partial charge in [0.25, 0.3) is 5.91 Å². The molecule has 0 aliphatic heterocycles. The summed E-state index contributed by atoms with van der Waals surface area (Å²) in [6.07, 6.45) is 0.665. The van der Waals surface area contributed by atoms with Gasteiger partial charge in [0, 0.05) is 22.1 Å². The highest BCUT2D eigenvalue weighted by Crippen LogP contribution is 2.21. The molecule has 1 heterocycles. The molecule has 4 aromatic rings. The lowest BCUT2D eigenvalue weighted by atomic mass is 9.99. The predicted molar refractivity (Wildman–Crippen MR) is 150 cm³/mol. The van der Waals surface area contributed by atoms with Crippen LogP contribution in [0.2, 0.25) is 5.02 Å². The zero-order chi connectivity index (χ0) is 26.2. The Morgan fingerprint density at radius 3 is 2.35 bits per heavy atom. The maximum absolute atomic E-state index is 13.2. The first-order chi connectivity index (χ1) is 17.9. The normalized spacial score (nSPS) is 11.7. The number of aromatic nitrogens is 1. The second-order valence-corrected chi connectivity index (χ2v) is 10.3. The first-order valence-electron chi connectivity index (χ1n) is 12.1. The number of amides is 3. The van der Waals surface area contributed by atoms with Crippen LogP contribution in [0, 0.1) is 0 Å². The molecule has 1 unspecified atom stereocenters. The van der Waals surface area contributed by atoms with Gasteiger partial charge in [-0.15, -0.1) is 11.3 Å². The van der Waals surface area contributed by atoms with E-state index in [9.17, 15) is 9.59 Å². The van der Waals surface area contributed by atoms with Crippen LogP contribution in [0.3, 0.4) is 0 Å². The van der Waals surface area contributed by atoms with Crippen LogP contribution in [0.15, 0.2) is 90.3 Å². The fourth-order valence-corrected chi connectivity index (χ4v) is 4.87. The quantitative estimate of drug-likeness (QED) is 0.245. The molecule has 190 valence electrons. The summed E-state index contributed by atoms with van der Waals surface area (Å²) in [7, 11) is 0. The summed E-state index contributed by atoms with van der Waals surface area (Å²) in [4.78, 5) is 32.4. The molecule has 0 saturated heterocycles. The molecule has 0 aliphatic carbocycles. The van der Waals surface area contributed by atoms with Gasteiger partial charge >= 0.3 is 6.03 Å². The number of hydrogen-bond acceptors (Lipinski definition) is 4. The van der Waals surface area contributed by atoms with Gasteiger partial charge in [-0.1, -0.05) is 78.3 Å². The Kier molecular flexibility index (Phi) is 8.93. The van der Waals surface area contributed by atoms with Crippen molar-refractivity contribution in [2.75, 3.05) is 5.32 Å². The Morgan fingerprint density at radius 2 is 1.68 bits per heavy atom. The molecule has 3 amide bonds. The third kappa shape index (κ3) is 7.41. The van der Waals surface area contributed by atoms with E-state index in [1.165, 1.54) is 11.3 Å². The third-order valence-corrected chi connectivity index (χ3v) is 6.91. The highest BCUT2D eigenvalue weighted by atomic mass is 35.5. The SMILES string of the molecule is CC(C)N(Cc1nc(C(=O)NC(Cc2ccccc2)c2ccccc2)cs1)C(=O)Nc1cccc(Cl)c1. The van der Waals surface area contributed by atoms with Crippen LogP contribution in [0.1, 0.15) is 46.5 Å². The third-order valence-electron chi connectivity index (χ3n) is 5.84. The summed E-state index contributed by atoms with van der Waals surface area (Å²) in [5, 5.41) is 9.00. The van der Waals surface area contributed by atoms with Crippen LogP contribution in [0.4, 0.5) is 10.5 Å². The van der Waals surface area contributed by atoms with E-state index in [4.69, 9.17) is 11.6 Å². The number of anilines is 1. The first-order valence-corrected chi connectivity index (χ1v) is 13.3. The van der Waals surface area contributed by atoms with E-state index in [0.717, 1.165) is 11.1 Å². The number of hydrogen-bond donors (Lipinski definition) is 2. The number of carbonyl (C=O) groups is 2. The molecule has 2 N–H and O–H groups in total. The second-order valence-electron chi connectivity index (χ2n) is 8.92. The molecule has 1 aromatic heterocycles. The molecule has 1 atom stereocenters. The fourth-order valence-electron chi connectivity index (χ4n) is 3.90. The molecule has 0 fully saturated rings. The van der Waals surface area contributed by atoms with E-state index in [-0.39, 0.29) is 30.6 Å². The minimum absolute atomic E-state index is 0.0753. The van der Waals surface area contributed by atoms with Crippen molar-refractivity contribution < 1.29 is 9.59 Å². The molecule has 0 aliphatic rings. The second kappa shape index (κ2) is 12.5. The number of halogens is 1. The van der Waals surface area contributed by atoms with Crippen molar-refractivity contribution in [2.24, 2.45) is 0 Å². The highest BCUT2D eigenvalue weighted by Gasteiger charge is 2.22. The zero-order valence-electron chi connectivity index (χ0n) is 20.7. The van der Waals surface area contributed by atoms with Gasteiger partial charge in [0.05, 0.1) is 12.6 Å². The topological polar surface area (TPSA) is 74.3 Å². The van der Waals surface area contributed by atoms with Gasteiger partial charge in [0.1, 0.15) is 10.7 Å². The first kappa shape index (κ1) is 26.4. The molecule has 0 spiro atoms. The number of urea groups is 1. The number of nitrogens with zero attached hydrogens (tertiary/aromatic N) is 2. The molecule has 6 nitrogen and oxygen atoms in total. The molecule has 3 aromatic carbocycles. The average Bonchev–Trinajstić information content (AvgIpc) is 3.37. The number of carbonyl (C=O) groups excluding carboxylic acids is 2. The van der Waals surface area contributed by atoms with E-state index in [1.807, 2.05) is 62.4 Å². The maximum atomic E-state index is 13.2. The Morgan fingerprint density at radius 1 is 0.973 bits per heavy atom. The zero-order valence-corrected chi connectivity index (χ0v) is 22.3. The summed E-state index contributed by atoms with van der Waals surface area (Å²) in [6, 6.07) is 26.5. The molecule has 0 saturated carbocycles. The van der Waals surface area contributed by atoms with Gasteiger partial charge in [-0.2, -0.15) is 0 Å². The van der Waals surface area contributed by atoms with Crippen molar-refractivity contribution in [2.45, 2.75) is 38.9 Å². The van der Waals surface area contributed by atoms with Crippen molar-refractivity contribution in [3.05, 3.63) is 117 Å². The smallest absolute Gasteiger partial charge is 0.322 e. The summed E-state index contributed by atoms with van der Waals surface area (Å²) in [6.45, 7) is 4.16. The summed E-state index contributed by atoms with van der Waals surface area (Å²) < 4.78 is 0. The van der Waals surface area contributed by atoms with Crippen molar-refractivity contribution >= 4 is 40.6 Å².